The molecule has 1 heteroatoms. The van der Waals surface area contributed by atoms with Crippen molar-refractivity contribution in [3.05, 3.63) is 72.3 Å². The second kappa shape index (κ2) is 6.06. The Morgan fingerprint density at radius 1 is 0.944 bits per heavy atom. The van der Waals surface area contributed by atoms with Crippen LogP contribution in [0.1, 0.15) is 24.5 Å². The molecule has 92 valence electrons. The van der Waals surface area contributed by atoms with Crippen molar-refractivity contribution in [1.82, 2.24) is 0 Å². The first-order valence-electron chi connectivity index (χ1n) is 6.29. The van der Waals surface area contributed by atoms with Gasteiger partial charge in [-0.1, -0.05) is 56.0 Å². The summed E-state index contributed by atoms with van der Waals surface area (Å²) >= 11 is 0. The highest BCUT2D eigenvalue weighted by atomic mass is 16.5. The summed E-state index contributed by atoms with van der Waals surface area (Å²) in [6.45, 7) is 7.01. The molecular formula is C17H18O. The van der Waals surface area contributed by atoms with Crippen molar-refractivity contribution in [2.45, 2.75) is 13.3 Å². The Bertz CT molecular complexity index is 497. The third-order valence-corrected chi connectivity index (χ3v) is 2.80. The predicted octanol–water partition coefficient (Wildman–Crippen LogP) is 4.54. The molecule has 2 rings (SSSR count). The van der Waals surface area contributed by atoms with Gasteiger partial charge in [0.2, 0.25) is 0 Å². The van der Waals surface area contributed by atoms with Crippen molar-refractivity contribution in [3.63, 3.8) is 0 Å². The fraction of sp³-hybridized carbons (Fsp3) is 0.176. The van der Waals surface area contributed by atoms with E-state index < -0.39 is 0 Å². The van der Waals surface area contributed by atoms with Gasteiger partial charge in [0.25, 0.3) is 0 Å². The first kappa shape index (κ1) is 12.4. The fourth-order valence-corrected chi connectivity index (χ4v) is 1.78. The predicted molar refractivity (Wildman–Crippen MR) is 76.8 cm³/mol. The maximum absolute atomic E-state index is 5.57. The summed E-state index contributed by atoms with van der Waals surface area (Å²) in [6, 6.07) is 18.3. The number of hydrogen-bond acceptors (Lipinski definition) is 1. The van der Waals surface area contributed by atoms with E-state index in [0.29, 0.717) is 0 Å². The van der Waals surface area contributed by atoms with Gasteiger partial charge in [-0.15, -0.1) is 0 Å². The van der Waals surface area contributed by atoms with Gasteiger partial charge in [0, 0.05) is 0 Å². The highest BCUT2D eigenvalue weighted by molar-refractivity contribution is 5.78. The van der Waals surface area contributed by atoms with E-state index in [4.69, 9.17) is 4.74 Å². The quantitative estimate of drug-likeness (QED) is 0.743. The maximum atomic E-state index is 5.57. The first-order valence-corrected chi connectivity index (χ1v) is 6.29. The van der Waals surface area contributed by atoms with E-state index >= 15 is 0 Å². The van der Waals surface area contributed by atoms with Crippen LogP contribution in [-0.4, -0.2) is 6.61 Å². The summed E-state index contributed by atoms with van der Waals surface area (Å²) < 4.78 is 5.57. The van der Waals surface area contributed by atoms with Gasteiger partial charge in [-0.05, 0) is 35.3 Å². The molecule has 0 amide bonds. The molecule has 1 nitrogen and oxygen atoms in total. The Morgan fingerprint density at radius 3 is 2.17 bits per heavy atom. The minimum absolute atomic E-state index is 0.763. The molecule has 0 aliphatic carbocycles. The molecule has 0 heterocycles. The Kier molecular flexibility index (Phi) is 4.19. The van der Waals surface area contributed by atoms with E-state index in [1.54, 1.807) is 0 Å². The minimum atomic E-state index is 0.763. The van der Waals surface area contributed by atoms with E-state index in [1.165, 1.54) is 0 Å². The van der Waals surface area contributed by atoms with Crippen LogP contribution >= 0.6 is 0 Å². The van der Waals surface area contributed by atoms with Crippen LogP contribution in [-0.2, 0) is 0 Å². The zero-order valence-corrected chi connectivity index (χ0v) is 10.7. The molecule has 0 fully saturated rings. The maximum Gasteiger partial charge on any atom is 0.119 e. The summed E-state index contributed by atoms with van der Waals surface area (Å²) in [6.07, 6.45) is 1.03. The summed E-state index contributed by atoms with van der Waals surface area (Å²) in [5.41, 5.74) is 3.32. The lowest BCUT2D eigenvalue weighted by Crippen LogP contribution is -1.95. The molecule has 2 aromatic rings. The minimum Gasteiger partial charge on any atom is -0.494 e. The Hall–Kier alpha value is -2.02. The molecule has 0 saturated heterocycles. The second-order valence-corrected chi connectivity index (χ2v) is 4.22. The van der Waals surface area contributed by atoms with Crippen LogP contribution < -0.4 is 4.74 Å². The zero-order valence-electron chi connectivity index (χ0n) is 10.7. The molecule has 0 aliphatic rings. The summed E-state index contributed by atoms with van der Waals surface area (Å²) in [5.74, 6) is 0.918. The average molecular weight is 238 g/mol. The van der Waals surface area contributed by atoms with Gasteiger partial charge in [-0.2, -0.15) is 0 Å². The smallest absolute Gasteiger partial charge is 0.119 e. The number of hydrogen-bond donors (Lipinski definition) is 0. The number of benzene rings is 2. The lowest BCUT2D eigenvalue weighted by molar-refractivity contribution is 0.317. The molecule has 0 radical (unpaired) electrons. The van der Waals surface area contributed by atoms with Crippen molar-refractivity contribution in [3.8, 4) is 5.75 Å². The van der Waals surface area contributed by atoms with Crippen molar-refractivity contribution in [1.29, 1.82) is 0 Å². The van der Waals surface area contributed by atoms with Crippen LogP contribution in [0.15, 0.2) is 61.2 Å². The van der Waals surface area contributed by atoms with Crippen molar-refractivity contribution in [2.24, 2.45) is 0 Å². The molecule has 0 N–H and O–H groups in total. The van der Waals surface area contributed by atoms with Gasteiger partial charge in [0.15, 0.2) is 0 Å². The SMILES string of the molecule is C=C(c1ccccc1)c1ccc(OCCC)cc1. The highest BCUT2D eigenvalue weighted by Crippen LogP contribution is 2.23. The molecule has 0 bridgehead atoms. The monoisotopic (exact) mass is 238 g/mol. The normalized spacial score (nSPS) is 10.1. The van der Waals surface area contributed by atoms with E-state index in [0.717, 1.165) is 35.5 Å². The van der Waals surface area contributed by atoms with Crippen LogP contribution in [0.2, 0.25) is 0 Å². The molecule has 18 heavy (non-hydrogen) atoms. The zero-order chi connectivity index (χ0) is 12.8. The van der Waals surface area contributed by atoms with Crippen LogP contribution in [0.5, 0.6) is 5.75 Å². The van der Waals surface area contributed by atoms with Crippen LogP contribution in [0, 0.1) is 0 Å². The Labute approximate surface area is 109 Å². The third-order valence-electron chi connectivity index (χ3n) is 2.80. The second-order valence-electron chi connectivity index (χ2n) is 4.22. The Morgan fingerprint density at radius 2 is 1.56 bits per heavy atom. The topological polar surface area (TPSA) is 9.23 Å². The van der Waals surface area contributed by atoms with Gasteiger partial charge in [0.1, 0.15) is 5.75 Å². The lowest BCUT2D eigenvalue weighted by Gasteiger charge is -2.08. The molecule has 2 aromatic carbocycles. The highest BCUT2D eigenvalue weighted by Gasteiger charge is 2.02. The first-order chi connectivity index (χ1) is 8.81. The third kappa shape index (κ3) is 3.01. The average Bonchev–Trinajstić information content (AvgIpc) is 2.46. The van der Waals surface area contributed by atoms with E-state index in [1.807, 2.05) is 30.3 Å². The van der Waals surface area contributed by atoms with Crippen LogP contribution in [0.25, 0.3) is 5.57 Å². The molecule has 0 atom stereocenters. The number of rotatable bonds is 5. The van der Waals surface area contributed by atoms with Gasteiger partial charge >= 0.3 is 0 Å². The number of ether oxygens (including phenoxy) is 1. The Balaban J connectivity index is 2.12. The summed E-state index contributed by atoms with van der Waals surface area (Å²) in [7, 11) is 0. The van der Waals surface area contributed by atoms with E-state index in [9.17, 15) is 0 Å². The molecule has 0 aromatic heterocycles. The standard InChI is InChI=1S/C17H18O/c1-3-13-18-17-11-9-16(10-12-17)14(2)15-7-5-4-6-8-15/h4-12H,2-3,13H2,1H3. The van der Waals surface area contributed by atoms with Gasteiger partial charge in [-0.25, -0.2) is 0 Å². The fourth-order valence-electron chi connectivity index (χ4n) is 1.78. The van der Waals surface area contributed by atoms with Crippen LogP contribution in [0.4, 0.5) is 0 Å². The van der Waals surface area contributed by atoms with Gasteiger partial charge < -0.3 is 4.74 Å². The van der Waals surface area contributed by atoms with E-state index in [2.05, 4.69) is 37.8 Å². The molecule has 0 spiro atoms. The summed E-state index contributed by atoms with van der Waals surface area (Å²) in [4.78, 5) is 0. The summed E-state index contributed by atoms with van der Waals surface area (Å²) in [5, 5.41) is 0. The molecule has 0 aliphatic heterocycles. The van der Waals surface area contributed by atoms with Gasteiger partial charge in [-0.3, -0.25) is 0 Å². The molecule has 0 saturated carbocycles. The van der Waals surface area contributed by atoms with Gasteiger partial charge in [0.05, 0.1) is 6.61 Å². The molecule has 0 unspecified atom stereocenters. The van der Waals surface area contributed by atoms with Crippen LogP contribution in [0.3, 0.4) is 0 Å². The van der Waals surface area contributed by atoms with Crippen molar-refractivity contribution >= 4 is 5.57 Å². The lowest BCUT2D eigenvalue weighted by atomic mass is 10.00. The largest absolute Gasteiger partial charge is 0.494 e. The van der Waals surface area contributed by atoms with E-state index in [-0.39, 0.29) is 0 Å². The molecular weight excluding hydrogens is 220 g/mol. The van der Waals surface area contributed by atoms with Crippen molar-refractivity contribution < 1.29 is 4.74 Å². The van der Waals surface area contributed by atoms with Crippen molar-refractivity contribution in [2.75, 3.05) is 6.61 Å².